The van der Waals surface area contributed by atoms with Gasteiger partial charge in [0.1, 0.15) is 5.82 Å². The molecule has 0 aromatic carbocycles. The zero-order valence-corrected chi connectivity index (χ0v) is 13.1. The number of rotatable bonds is 4. The molecule has 24 heavy (non-hydrogen) atoms. The van der Waals surface area contributed by atoms with E-state index in [0.717, 1.165) is 17.1 Å². The van der Waals surface area contributed by atoms with Crippen LogP contribution in [0, 0.1) is 18.8 Å². The van der Waals surface area contributed by atoms with Crippen molar-refractivity contribution in [1.29, 1.82) is 0 Å². The van der Waals surface area contributed by atoms with E-state index in [4.69, 9.17) is 5.11 Å². The van der Waals surface area contributed by atoms with Crippen LogP contribution >= 0.6 is 0 Å². The average Bonchev–Trinajstić information content (AvgIpc) is 3.00. The maximum atomic E-state index is 13.3. The molecule has 2 aliphatic rings. The third kappa shape index (κ3) is 2.35. The van der Waals surface area contributed by atoms with Crippen molar-refractivity contribution in [2.24, 2.45) is 11.8 Å². The van der Waals surface area contributed by atoms with Crippen LogP contribution in [0.5, 0.6) is 0 Å². The zero-order chi connectivity index (χ0) is 17.1. The summed E-state index contributed by atoms with van der Waals surface area (Å²) in [4.78, 5) is 17.4. The number of piperidine rings is 1. The Morgan fingerprint density at radius 3 is 2.62 bits per heavy atom. The van der Waals surface area contributed by atoms with Crippen LogP contribution in [0.1, 0.15) is 21.6 Å². The average molecular weight is 333 g/mol. The molecule has 1 saturated heterocycles. The first-order valence-corrected chi connectivity index (χ1v) is 7.84. The fourth-order valence-electron chi connectivity index (χ4n) is 3.48. The van der Waals surface area contributed by atoms with Crippen LogP contribution in [0.3, 0.4) is 0 Å². The van der Waals surface area contributed by atoms with Crippen LogP contribution in [0.2, 0.25) is 0 Å². The number of carboxylic acids is 1. The van der Waals surface area contributed by atoms with E-state index in [-0.39, 0.29) is 5.56 Å². The topological polar surface area (TPSA) is 58.4 Å². The summed E-state index contributed by atoms with van der Waals surface area (Å²) in [5, 5.41) is 8.95. The molecule has 2 fully saturated rings. The summed E-state index contributed by atoms with van der Waals surface area (Å²) in [5.74, 6) is -3.74. The van der Waals surface area contributed by atoms with Gasteiger partial charge >= 0.3 is 5.97 Å². The molecule has 2 aromatic rings. The first-order valence-electron chi connectivity index (χ1n) is 7.84. The number of aromatic carboxylic acids is 1. The quantitative estimate of drug-likeness (QED) is 0.934. The van der Waals surface area contributed by atoms with Gasteiger partial charge in [-0.15, -0.1) is 0 Å². The molecule has 2 aromatic heterocycles. The smallest absolute Gasteiger partial charge is 0.337 e. The molecular formula is C17H17F2N3O2. The Bertz CT molecular complexity index is 804. The lowest BCUT2D eigenvalue weighted by Crippen LogP contribution is -2.28. The minimum absolute atomic E-state index is 0.245. The van der Waals surface area contributed by atoms with Crippen LogP contribution < -0.4 is 4.90 Å². The lowest BCUT2D eigenvalue weighted by Gasteiger charge is -2.21. The summed E-state index contributed by atoms with van der Waals surface area (Å²) in [7, 11) is 0. The van der Waals surface area contributed by atoms with E-state index >= 15 is 0 Å². The van der Waals surface area contributed by atoms with Gasteiger partial charge in [-0.1, -0.05) is 6.07 Å². The van der Waals surface area contributed by atoms with Gasteiger partial charge in [0.15, 0.2) is 0 Å². The van der Waals surface area contributed by atoms with E-state index in [1.807, 2.05) is 24.0 Å². The lowest BCUT2D eigenvalue weighted by molar-refractivity contribution is 0.0696. The largest absolute Gasteiger partial charge is 0.478 e. The second-order valence-corrected chi connectivity index (χ2v) is 6.58. The highest BCUT2D eigenvalue weighted by Gasteiger charge is 2.71. The van der Waals surface area contributed by atoms with Gasteiger partial charge in [0.2, 0.25) is 0 Å². The molecule has 1 N–H and O–H groups in total. The van der Waals surface area contributed by atoms with Crippen LogP contribution in [-0.2, 0) is 6.54 Å². The molecule has 126 valence electrons. The summed E-state index contributed by atoms with van der Waals surface area (Å²) < 4.78 is 28.4. The first-order chi connectivity index (χ1) is 11.4. The van der Waals surface area contributed by atoms with Crippen LogP contribution in [-0.4, -0.2) is 39.6 Å². The highest BCUT2D eigenvalue weighted by Crippen LogP contribution is 2.59. The number of aromatic nitrogens is 2. The molecule has 0 bridgehead atoms. The number of pyridine rings is 1. The minimum atomic E-state index is -2.48. The molecule has 2 unspecified atom stereocenters. The van der Waals surface area contributed by atoms with Gasteiger partial charge in [-0.3, -0.25) is 0 Å². The van der Waals surface area contributed by atoms with Crippen molar-refractivity contribution in [3.63, 3.8) is 0 Å². The van der Waals surface area contributed by atoms with Crippen LogP contribution in [0.15, 0.2) is 30.6 Å². The molecule has 4 rings (SSSR count). The normalized spacial score (nSPS) is 24.0. The molecule has 0 radical (unpaired) electrons. The Kier molecular flexibility index (Phi) is 3.16. The molecule has 1 saturated carbocycles. The Morgan fingerprint density at radius 1 is 1.33 bits per heavy atom. The Morgan fingerprint density at radius 2 is 2.04 bits per heavy atom. The van der Waals surface area contributed by atoms with Gasteiger partial charge < -0.3 is 14.6 Å². The Hall–Kier alpha value is -2.44. The van der Waals surface area contributed by atoms with Gasteiger partial charge in [0.25, 0.3) is 5.92 Å². The number of alkyl halides is 2. The Labute approximate surface area is 137 Å². The van der Waals surface area contributed by atoms with Crippen molar-refractivity contribution in [1.82, 2.24) is 9.55 Å². The van der Waals surface area contributed by atoms with E-state index in [9.17, 15) is 13.6 Å². The lowest BCUT2D eigenvalue weighted by atomic mass is 10.2. The number of hydrogen-bond acceptors (Lipinski definition) is 3. The van der Waals surface area contributed by atoms with E-state index in [1.54, 1.807) is 23.0 Å². The second kappa shape index (κ2) is 5.03. The standard InChI is InChI=1S/C17H17F2N3O2/c1-10-11(6-21-5-4-12(7-21)16(23)24)2-3-15(20-10)22-8-13-14(9-22)17(13,18)19/h2-5,7,13-14H,6,8-9H2,1H3,(H,23,24). The molecule has 2 atom stereocenters. The van der Waals surface area contributed by atoms with Gasteiger partial charge in [-0.05, 0) is 24.6 Å². The molecule has 1 aliphatic carbocycles. The number of aryl methyl sites for hydroxylation is 1. The van der Waals surface area contributed by atoms with E-state index in [1.165, 1.54) is 0 Å². The van der Waals surface area contributed by atoms with E-state index in [2.05, 4.69) is 4.98 Å². The molecule has 0 spiro atoms. The zero-order valence-electron chi connectivity index (χ0n) is 13.1. The molecule has 1 aliphatic heterocycles. The molecule has 7 heteroatoms. The monoisotopic (exact) mass is 333 g/mol. The fourth-order valence-corrected chi connectivity index (χ4v) is 3.48. The highest BCUT2D eigenvalue weighted by atomic mass is 19.3. The summed E-state index contributed by atoms with van der Waals surface area (Å²) in [6, 6.07) is 5.34. The van der Waals surface area contributed by atoms with Crippen molar-refractivity contribution >= 4 is 11.8 Å². The molecular weight excluding hydrogens is 316 g/mol. The number of fused-ring (bicyclic) bond motifs is 1. The summed E-state index contributed by atoms with van der Waals surface area (Å²) in [5.41, 5.74) is 2.04. The van der Waals surface area contributed by atoms with Gasteiger partial charge in [0, 0.05) is 37.7 Å². The molecule has 5 nitrogen and oxygen atoms in total. The minimum Gasteiger partial charge on any atom is -0.478 e. The molecule has 0 amide bonds. The summed E-state index contributed by atoms with van der Waals surface area (Å²) in [6.45, 7) is 3.13. The van der Waals surface area contributed by atoms with Gasteiger partial charge in [0.05, 0.1) is 17.4 Å². The number of carboxylic acid groups (broad SMARTS) is 1. The second-order valence-electron chi connectivity index (χ2n) is 6.58. The van der Waals surface area contributed by atoms with E-state index < -0.39 is 23.7 Å². The molecule has 3 heterocycles. The predicted octanol–water partition coefficient (Wildman–Crippen LogP) is 2.64. The van der Waals surface area contributed by atoms with Crippen molar-refractivity contribution in [2.45, 2.75) is 19.4 Å². The van der Waals surface area contributed by atoms with Gasteiger partial charge in [-0.25, -0.2) is 18.6 Å². The number of nitrogens with zero attached hydrogens (tertiary/aromatic N) is 3. The maximum Gasteiger partial charge on any atom is 0.337 e. The van der Waals surface area contributed by atoms with Crippen molar-refractivity contribution < 1.29 is 18.7 Å². The fraction of sp³-hybridized carbons (Fsp3) is 0.412. The van der Waals surface area contributed by atoms with E-state index in [0.29, 0.717) is 19.6 Å². The number of anilines is 1. The maximum absolute atomic E-state index is 13.3. The number of hydrogen-bond donors (Lipinski definition) is 1. The van der Waals surface area contributed by atoms with Crippen molar-refractivity contribution in [2.75, 3.05) is 18.0 Å². The summed E-state index contributed by atoms with van der Waals surface area (Å²) in [6.07, 6.45) is 3.29. The Balaban J connectivity index is 1.47. The number of halogens is 2. The number of carbonyl (C=O) groups is 1. The van der Waals surface area contributed by atoms with Crippen molar-refractivity contribution in [3.8, 4) is 0 Å². The SMILES string of the molecule is Cc1nc(N2CC3C(C2)C3(F)F)ccc1Cn1ccc(C(=O)O)c1. The van der Waals surface area contributed by atoms with Gasteiger partial charge in [-0.2, -0.15) is 0 Å². The van der Waals surface area contributed by atoms with Crippen molar-refractivity contribution in [3.05, 3.63) is 47.4 Å². The first kappa shape index (κ1) is 15.1. The third-order valence-corrected chi connectivity index (χ3v) is 5.05. The van der Waals surface area contributed by atoms with Crippen LogP contribution in [0.25, 0.3) is 0 Å². The third-order valence-electron chi connectivity index (χ3n) is 5.05. The van der Waals surface area contributed by atoms with Crippen LogP contribution in [0.4, 0.5) is 14.6 Å². The predicted molar refractivity (Wildman–Crippen MR) is 83.6 cm³/mol. The highest BCUT2D eigenvalue weighted by molar-refractivity contribution is 5.87. The summed E-state index contributed by atoms with van der Waals surface area (Å²) >= 11 is 0.